The maximum Gasteiger partial charge on any atom is 0.255 e. The Kier molecular flexibility index (Phi) is 4.91. The summed E-state index contributed by atoms with van der Waals surface area (Å²) in [5.41, 5.74) is 6.22. The topological polar surface area (TPSA) is 46.3 Å². The number of rotatable bonds is 1. The standard InChI is InChI=1S/C11H12BrFN2O.ClH/c12-10-5-7(13)1-2-9(10)11(16)15-4-3-8(14)6-15;/h1-2,5,8H,3-4,6,14H2;1H/t8-;/m0./s1. The van der Waals surface area contributed by atoms with Crippen LogP contribution in [-0.4, -0.2) is 29.9 Å². The Morgan fingerprint density at radius 1 is 1.53 bits per heavy atom. The molecule has 0 aromatic heterocycles. The molecule has 94 valence electrons. The van der Waals surface area contributed by atoms with Gasteiger partial charge in [-0.1, -0.05) is 0 Å². The number of nitrogens with zero attached hydrogens (tertiary/aromatic N) is 1. The van der Waals surface area contributed by atoms with Crippen LogP contribution in [0.15, 0.2) is 22.7 Å². The fraction of sp³-hybridized carbons (Fsp3) is 0.364. The zero-order chi connectivity index (χ0) is 11.7. The number of likely N-dealkylation sites (tertiary alicyclic amines) is 1. The van der Waals surface area contributed by atoms with E-state index < -0.39 is 0 Å². The molecule has 0 bridgehead atoms. The van der Waals surface area contributed by atoms with Gasteiger partial charge in [-0.15, -0.1) is 12.4 Å². The molecule has 0 spiro atoms. The Labute approximate surface area is 114 Å². The lowest BCUT2D eigenvalue weighted by Gasteiger charge is -2.16. The van der Waals surface area contributed by atoms with Crippen molar-refractivity contribution in [1.82, 2.24) is 4.90 Å². The quantitative estimate of drug-likeness (QED) is 0.861. The number of nitrogens with two attached hydrogens (primary N) is 1. The molecule has 1 aromatic carbocycles. The molecule has 1 aromatic rings. The third kappa shape index (κ3) is 3.18. The van der Waals surface area contributed by atoms with Crippen LogP contribution in [0, 0.1) is 5.82 Å². The molecule has 6 heteroatoms. The van der Waals surface area contributed by atoms with Gasteiger partial charge in [-0.25, -0.2) is 4.39 Å². The number of hydrogen-bond donors (Lipinski definition) is 1. The SMILES string of the molecule is Cl.N[C@H]1CCN(C(=O)c2ccc(F)cc2Br)C1. The molecule has 1 saturated heterocycles. The van der Waals surface area contributed by atoms with Gasteiger partial charge in [0.05, 0.1) is 5.56 Å². The molecule has 1 amide bonds. The Morgan fingerprint density at radius 3 is 2.76 bits per heavy atom. The molecule has 0 unspecified atom stereocenters. The predicted octanol–water partition coefficient (Wildman–Crippen LogP) is 2.18. The van der Waals surface area contributed by atoms with E-state index in [1.54, 1.807) is 4.90 Å². The lowest BCUT2D eigenvalue weighted by Crippen LogP contribution is -2.32. The minimum absolute atomic E-state index is 0. The van der Waals surface area contributed by atoms with E-state index in [1.807, 2.05) is 0 Å². The van der Waals surface area contributed by atoms with Crippen LogP contribution >= 0.6 is 28.3 Å². The molecule has 1 fully saturated rings. The van der Waals surface area contributed by atoms with E-state index in [0.717, 1.165) is 6.42 Å². The molecule has 1 aliphatic heterocycles. The predicted molar refractivity (Wildman–Crippen MR) is 69.8 cm³/mol. The van der Waals surface area contributed by atoms with Crippen molar-refractivity contribution in [1.29, 1.82) is 0 Å². The van der Waals surface area contributed by atoms with Crippen molar-refractivity contribution in [3.05, 3.63) is 34.1 Å². The van der Waals surface area contributed by atoms with E-state index in [9.17, 15) is 9.18 Å². The molecule has 0 aliphatic carbocycles. The normalized spacial score (nSPS) is 19.0. The van der Waals surface area contributed by atoms with Gasteiger partial charge in [0.1, 0.15) is 5.82 Å². The summed E-state index contributed by atoms with van der Waals surface area (Å²) in [7, 11) is 0. The minimum atomic E-state index is -0.360. The van der Waals surface area contributed by atoms with Crippen molar-refractivity contribution in [2.45, 2.75) is 12.5 Å². The summed E-state index contributed by atoms with van der Waals surface area (Å²) >= 11 is 3.19. The van der Waals surface area contributed by atoms with E-state index in [4.69, 9.17) is 5.73 Å². The second-order valence-electron chi connectivity index (χ2n) is 3.92. The summed E-state index contributed by atoms with van der Waals surface area (Å²) in [4.78, 5) is 13.7. The summed E-state index contributed by atoms with van der Waals surface area (Å²) in [5.74, 6) is -0.457. The molecule has 17 heavy (non-hydrogen) atoms. The minimum Gasteiger partial charge on any atom is -0.337 e. The van der Waals surface area contributed by atoms with Crippen LogP contribution in [0.2, 0.25) is 0 Å². The fourth-order valence-corrected chi connectivity index (χ4v) is 2.33. The van der Waals surface area contributed by atoms with E-state index in [2.05, 4.69) is 15.9 Å². The first-order chi connectivity index (χ1) is 7.58. The Balaban J connectivity index is 0.00000144. The zero-order valence-electron chi connectivity index (χ0n) is 9.03. The Bertz CT molecular complexity index is 430. The highest BCUT2D eigenvalue weighted by Gasteiger charge is 2.25. The van der Waals surface area contributed by atoms with Gasteiger partial charge in [-0.05, 0) is 40.5 Å². The molecule has 1 aliphatic rings. The summed E-state index contributed by atoms with van der Waals surface area (Å²) in [6.07, 6.45) is 0.824. The summed E-state index contributed by atoms with van der Waals surface area (Å²) in [5, 5.41) is 0. The molecular weight excluding hydrogens is 310 g/mol. The van der Waals surface area contributed by atoms with E-state index >= 15 is 0 Å². The second kappa shape index (κ2) is 5.80. The van der Waals surface area contributed by atoms with Crippen LogP contribution in [0.3, 0.4) is 0 Å². The fourth-order valence-electron chi connectivity index (χ4n) is 1.81. The van der Waals surface area contributed by atoms with Crippen LogP contribution in [0.4, 0.5) is 4.39 Å². The van der Waals surface area contributed by atoms with E-state index in [-0.39, 0.29) is 30.2 Å². The van der Waals surface area contributed by atoms with Crippen molar-refractivity contribution in [2.75, 3.05) is 13.1 Å². The third-order valence-corrected chi connectivity index (χ3v) is 3.33. The number of carbonyl (C=O) groups is 1. The summed E-state index contributed by atoms with van der Waals surface area (Å²) in [6, 6.07) is 4.13. The number of hydrogen-bond acceptors (Lipinski definition) is 2. The molecule has 1 atom stereocenters. The van der Waals surface area contributed by atoms with Gasteiger partial charge >= 0.3 is 0 Å². The van der Waals surface area contributed by atoms with Crippen LogP contribution in [0.5, 0.6) is 0 Å². The van der Waals surface area contributed by atoms with E-state index in [1.165, 1.54) is 18.2 Å². The van der Waals surface area contributed by atoms with Crippen LogP contribution in [0.1, 0.15) is 16.8 Å². The first kappa shape index (κ1) is 14.4. The molecule has 2 rings (SSSR count). The van der Waals surface area contributed by atoms with Crippen molar-refractivity contribution >= 4 is 34.2 Å². The van der Waals surface area contributed by atoms with Gasteiger partial charge in [0.25, 0.3) is 5.91 Å². The van der Waals surface area contributed by atoms with Gasteiger partial charge in [0.2, 0.25) is 0 Å². The van der Waals surface area contributed by atoms with Crippen molar-refractivity contribution in [3.63, 3.8) is 0 Å². The first-order valence-corrected chi connectivity index (χ1v) is 5.87. The van der Waals surface area contributed by atoms with E-state index in [0.29, 0.717) is 23.1 Å². The van der Waals surface area contributed by atoms with Crippen molar-refractivity contribution < 1.29 is 9.18 Å². The van der Waals surface area contributed by atoms with Crippen LogP contribution in [-0.2, 0) is 0 Å². The van der Waals surface area contributed by atoms with Crippen molar-refractivity contribution in [2.24, 2.45) is 5.73 Å². The smallest absolute Gasteiger partial charge is 0.255 e. The van der Waals surface area contributed by atoms with Gasteiger partial charge < -0.3 is 10.6 Å². The second-order valence-corrected chi connectivity index (χ2v) is 4.78. The number of benzene rings is 1. The van der Waals surface area contributed by atoms with Gasteiger partial charge in [-0.3, -0.25) is 4.79 Å². The molecule has 1 heterocycles. The monoisotopic (exact) mass is 322 g/mol. The largest absolute Gasteiger partial charge is 0.337 e. The van der Waals surface area contributed by atoms with Gasteiger partial charge in [0, 0.05) is 23.6 Å². The molecular formula is C11H13BrClFN2O. The van der Waals surface area contributed by atoms with Crippen molar-refractivity contribution in [3.8, 4) is 0 Å². The van der Waals surface area contributed by atoms with Gasteiger partial charge in [0.15, 0.2) is 0 Å². The Hall–Kier alpha value is -0.650. The average Bonchev–Trinajstić information content (AvgIpc) is 2.64. The third-order valence-electron chi connectivity index (χ3n) is 2.67. The molecule has 2 N–H and O–H groups in total. The molecule has 0 saturated carbocycles. The maximum atomic E-state index is 12.9. The zero-order valence-corrected chi connectivity index (χ0v) is 11.4. The number of amides is 1. The lowest BCUT2D eigenvalue weighted by molar-refractivity contribution is 0.0790. The first-order valence-electron chi connectivity index (χ1n) is 5.08. The highest BCUT2D eigenvalue weighted by molar-refractivity contribution is 9.10. The van der Waals surface area contributed by atoms with Gasteiger partial charge in [-0.2, -0.15) is 0 Å². The highest BCUT2D eigenvalue weighted by atomic mass is 79.9. The molecule has 3 nitrogen and oxygen atoms in total. The lowest BCUT2D eigenvalue weighted by atomic mass is 10.2. The van der Waals surface area contributed by atoms with Crippen LogP contribution in [0.25, 0.3) is 0 Å². The molecule has 0 radical (unpaired) electrons. The number of carbonyl (C=O) groups excluding carboxylic acids is 1. The average molecular weight is 324 g/mol. The van der Waals surface area contributed by atoms with Crippen LogP contribution < -0.4 is 5.73 Å². The maximum absolute atomic E-state index is 12.9. The summed E-state index contributed by atoms with van der Waals surface area (Å²) in [6.45, 7) is 1.24. The highest BCUT2D eigenvalue weighted by Crippen LogP contribution is 2.21. The Morgan fingerprint density at radius 2 is 2.24 bits per heavy atom. The summed E-state index contributed by atoms with van der Waals surface area (Å²) < 4.78 is 13.4. The number of halogens is 3.